The van der Waals surface area contributed by atoms with Crippen molar-refractivity contribution >= 4 is 18.0 Å². The second-order valence-corrected chi connectivity index (χ2v) is 6.33. The number of hydrogen-bond donors (Lipinski definition) is 2. The molecule has 1 aliphatic carbocycles. The molecule has 0 radical (unpaired) electrons. The molecule has 0 saturated carbocycles. The van der Waals surface area contributed by atoms with Gasteiger partial charge in [0, 0.05) is 5.92 Å². The Hall–Kier alpha value is -3.81. The van der Waals surface area contributed by atoms with Crippen LogP contribution in [-0.2, 0) is 4.74 Å². The first-order chi connectivity index (χ1) is 13.5. The normalized spacial score (nSPS) is 12.2. The molecule has 1 aromatic heterocycles. The second-order valence-electron chi connectivity index (χ2n) is 6.33. The van der Waals surface area contributed by atoms with Gasteiger partial charge in [0.05, 0.1) is 5.69 Å². The lowest BCUT2D eigenvalue weighted by atomic mass is 9.98. The number of rotatable bonds is 4. The number of aromatic carboxylic acids is 1. The van der Waals surface area contributed by atoms with Crippen LogP contribution in [0.2, 0.25) is 0 Å². The second kappa shape index (κ2) is 7.07. The van der Waals surface area contributed by atoms with Crippen LogP contribution in [0.1, 0.15) is 33.2 Å². The number of carbonyl (C=O) groups excluding carboxylic acids is 1. The first kappa shape index (κ1) is 17.6. The van der Waals surface area contributed by atoms with Crippen LogP contribution in [0.25, 0.3) is 11.1 Å². The van der Waals surface area contributed by atoms with Crippen LogP contribution >= 0.6 is 0 Å². The SMILES string of the molecule is Cc1nc(NC(=O)OCC2c3ccccc3-c3ccccc32)nnc1C(=O)O. The summed E-state index contributed by atoms with van der Waals surface area (Å²) in [4.78, 5) is 27.0. The minimum absolute atomic E-state index is 0.0617. The molecule has 0 unspecified atom stereocenters. The van der Waals surface area contributed by atoms with Gasteiger partial charge in [0.2, 0.25) is 0 Å². The van der Waals surface area contributed by atoms with E-state index < -0.39 is 12.1 Å². The number of aromatic nitrogens is 3. The van der Waals surface area contributed by atoms with Crippen LogP contribution in [0.5, 0.6) is 0 Å². The summed E-state index contributed by atoms with van der Waals surface area (Å²) in [5.41, 5.74) is 4.38. The number of aryl methyl sites for hydroxylation is 1. The van der Waals surface area contributed by atoms with Gasteiger partial charge in [-0.05, 0) is 29.2 Å². The highest BCUT2D eigenvalue weighted by molar-refractivity contribution is 5.87. The van der Waals surface area contributed by atoms with Gasteiger partial charge < -0.3 is 9.84 Å². The molecule has 1 amide bonds. The van der Waals surface area contributed by atoms with E-state index >= 15 is 0 Å². The maximum absolute atomic E-state index is 12.2. The Bertz CT molecular complexity index is 1040. The lowest BCUT2D eigenvalue weighted by Gasteiger charge is -2.14. The molecule has 1 aliphatic rings. The summed E-state index contributed by atoms with van der Waals surface area (Å²) in [5, 5.41) is 18.5. The Morgan fingerprint density at radius 2 is 1.64 bits per heavy atom. The molecule has 0 aliphatic heterocycles. The highest BCUT2D eigenvalue weighted by atomic mass is 16.5. The minimum Gasteiger partial charge on any atom is -0.476 e. The summed E-state index contributed by atoms with van der Waals surface area (Å²) < 4.78 is 5.39. The summed E-state index contributed by atoms with van der Waals surface area (Å²) in [6.07, 6.45) is -0.730. The van der Waals surface area contributed by atoms with E-state index in [-0.39, 0.29) is 29.9 Å². The fraction of sp³-hybridized carbons (Fsp3) is 0.150. The predicted molar refractivity (Wildman–Crippen MR) is 100 cm³/mol. The van der Waals surface area contributed by atoms with Crippen molar-refractivity contribution < 1.29 is 19.4 Å². The Morgan fingerprint density at radius 3 is 2.21 bits per heavy atom. The molecular weight excluding hydrogens is 360 g/mol. The number of anilines is 1. The van der Waals surface area contributed by atoms with Gasteiger partial charge in [-0.2, -0.15) is 0 Å². The van der Waals surface area contributed by atoms with Crippen molar-refractivity contribution in [2.24, 2.45) is 0 Å². The van der Waals surface area contributed by atoms with E-state index in [0.29, 0.717) is 0 Å². The van der Waals surface area contributed by atoms with Crippen LogP contribution in [0.4, 0.5) is 10.7 Å². The summed E-state index contributed by atoms with van der Waals surface area (Å²) in [6, 6.07) is 16.1. The number of carbonyl (C=O) groups is 2. The van der Waals surface area contributed by atoms with Gasteiger partial charge in [-0.1, -0.05) is 48.5 Å². The first-order valence-corrected chi connectivity index (χ1v) is 8.61. The first-order valence-electron chi connectivity index (χ1n) is 8.61. The average Bonchev–Trinajstić information content (AvgIpc) is 3.00. The molecule has 3 aromatic rings. The number of nitrogens with zero attached hydrogens (tertiary/aromatic N) is 3. The average molecular weight is 376 g/mol. The van der Waals surface area contributed by atoms with E-state index in [1.54, 1.807) is 0 Å². The molecule has 2 N–H and O–H groups in total. The molecule has 28 heavy (non-hydrogen) atoms. The summed E-state index contributed by atoms with van der Waals surface area (Å²) in [5.74, 6) is -1.40. The smallest absolute Gasteiger partial charge is 0.414 e. The largest absolute Gasteiger partial charge is 0.476 e. The topological polar surface area (TPSA) is 114 Å². The molecule has 0 atom stereocenters. The van der Waals surface area contributed by atoms with Gasteiger partial charge in [-0.25, -0.2) is 14.6 Å². The van der Waals surface area contributed by atoms with E-state index in [1.165, 1.54) is 6.92 Å². The van der Waals surface area contributed by atoms with Crippen LogP contribution < -0.4 is 5.32 Å². The van der Waals surface area contributed by atoms with E-state index in [2.05, 4.69) is 32.6 Å². The number of carboxylic acids is 1. The van der Waals surface area contributed by atoms with Gasteiger partial charge in [0.15, 0.2) is 5.69 Å². The third kappa shape index (κ3) is 3.16. The van der Waals surface area contributed by atoms with Crippen LogP contribution in [-0.4, -0.2) is 39.0 Å². The quantitative estimate of drug-likeness (QED) is 0.718. The molecule has 140 valence electrons. The number of fused-ring (bicyclic) bond motifs is 3. The van der Waals surface area contributed by atoms with Crippen molar-refractivity contribution in [1.29, 1.82) is 0 Å². The molecule has 0 saturated heterocycles. The summed E-state index contributed by atoms with van der Waals surface area (Å²) >= 11 is 0. The fourth-order valence-corrected chi connectivity index (χ4v) is 3.38. The highest BCUT2D eigenvalue weighted by Gasteiger charge is 2.29. The molecule has 0 spiro atoms. The van der Waals surface area contributed by atoms with E-state index in [9.17, 15) is 9.59 Å². The molecule has 4 rings (SSSR count). The van der Waals surface area contributed by atoms with Gasteiger partial charge in [-0.15, -0.1) is 10.2 Å². The zero-order valence-electron chi connectivity index (χ0n) is 14.9. The number of carboxylic acid groups (broad SMARTS) is 1. The van der Waals surface area contributed by atoms with Crippen molar-refractivity contribution in [3.63, 3.8) is 0 Å². The number of benzene rings is 2. The van der Waals surface area contributed by atoms with Crippen molar-refractivity contribution in [3.8, 4) is 11.1 Å². The van der Waals surface area contributed by atoms with Crippen molar-refractivity contribution in [1.82, 2.24) is 15.2 Å². The third-order valence-electron chi connectivity index (χ3n) is 4.62. The Balaban J connectivity index is 1.47. The Morgan fingerprint density at radius 1 is 1.04 bits per heavy atom. The van der Waals surface area contributed by atoms with E-state index in [1.807, 2.05) is 36.4 Å². The molecule has 1 heterocycles. The van der Waals surface area contributed by atoms with E-state index in [0.717, 1.165) is 22.3 Å². The number of amides is 1. The van der Waals surface area contributed by atoms with Crippen molar-refractivity contribution in [2.45, 2.75) is 12.8 Å². The zero-order valence-corrected chi connectivity index (χ0v) is 14.9. The molecule has 0 bridgehead atoms. The maximum Gasteiger partial charge on any atom is 0.414 e. The standard InChI is InChI=1S/C20H16N4O4/c1-11-17(18(25)26)23-24-19(21-11)22-20(27)28-10-16-14-8-4-2-6-12(14)13-7-3-5-9-15(13)16/h2-9,16H,10H2,1H3,(H,25,26)(H,21,22,24,27). The van der Waals surface area contributed by atoms with Crippen molar-refractivity contribution in [2.75, 3.05) is 11.9 Å². The minimum atomic E-state index is -1.23. The lowest BCUT2D eigenvalue weighted by molar-refractivity contribution is 0.0687. The predicted octanol–water partition coefficient (Wildman–Crippen LogP) is 3.24. The van der Waals surface area contributed by atoms with Crippen LogP contribution in [0, 0.1) is 6.92 Å². The van der Waals surface area contributed by atoms with Crippen LogP contribution in [0.3, 0.4) is 0 Å². The van der Waals surface area contributed by atoms with E-state index in [4.69, 9.17) is 9.84 Å². The Kier molecular flexibility index (Phi) is 4.44. The van der Waals surface area contributed by atoms with Crippen molar-refractivity contribution in [3.05, 3.63) is 71.0 Å². The summed E-state index contributed by atoms with van der Waals surface area (Å²) in [6.45, 7) is 1.63. The fourth-order valence-electron chi connectivity index (χ4n) is 3.38. The highest BCUT2D eigenvalue weighted by Crippen LogP contribution is 2.44. The molecule has 8 heteroatoms. The molecule has 2 aromatic carbocycles. The molecule has 0 fully saturated rings. The van der Waals surface area contributed by atoms with Gasteiger partial charge in [0.1, 0.15) is 6.61 Å². The van der Waals surface area contributed by atoms with Gasteiger partial charge in [0.25, 0.3) is 5.95 Å². The maximum atomic E-state index is 12.2. The van der Waals surface area contributed by atoms with Gasteiger partial charge >= 0.3 is 12.1 Å². The zero-order chi connectivity index (χ0) is 19.7. The molecule has 8 nitrogen and oxygen atoms in total. The number of hydrogen-bond acceptors (Lipinski definition) is 6. The number of ether oxygens (including phenoxy) is 1. The Labute approximate surface area is 160 Å². The lowest BCUT2D eigenvalue weighted by Crippen LogP contribution is -2.20. The summed E-state index contributed by atoms with van der Waals surface area (Å²) in [7, 11) is 0. The van der Waals surface area contributed by atoms with Crippen LogP contribution in [0.15, 0.2) is 48.5 Å². The van der Waals surface area contributed by atoms with Gasteiger partial charge in [-0.3, -0.25) is 5.32 Å². The number of nitrogens with one attached hydrogen (secondary N) is 1. The monoisotopic (exact) mass is 376 g/mol. The third-order valence-corrected chi connectivity index (χ3v) is 4.62. The molecular formula is C20H16N4O4.